The van der Waals surface area contributed by atoms with Crippen molar-refractivity contribution < 1.29 is 23.8 Å². The van der Waals surface area contributed by atoms with E-state index in [9.17, 15) is 14.4 Å². The first kappa shape index (κ1) is 25.9. The van der Waals surface area contributed by atoms with Crippen LogP contribution in [0.2, 0.25) is 0 Å². The summed E-state index contributed by atoms with van der Waals surface area (Å²) >= 11 is 0. The van der Waals surface area contributed by atoms with Gasteiger partial charge in [0, 0.05) is 18.5 Å². The fourth-order valence-corrected chi connectivity index (χ4v) is 4.40. The van der Waals surface area contributed by atoms with Gasteiger partial charge in [0.15, 0.2) is 11.5 Å². The van der Waals surface area contributed by atoms with Gasteiger partial charge in [-0.05, 0) is 61.6 Å². The Balaban J connectivity index is 2.22. The summed E-state index contributed by atoms with van der Waals surface area (Å²) in [5, 5.41) is 8.70. The first-order valence-corrected chi connectivity index (χ1v) is 11.5. The van der Waals surface area contributed by atoms with E-state index in [4.69, 9.17) is 14.2 Å². The smallest absolute Gasteiger partial charge is 0.239 e. The van der Waals surface area contributed by atoms with Crippen LogP contribution in [0.4, 0.5) is 5.69 Å². The summed E-state index contributed by atoms with van der Waals surface area (Å²) in [5.74, 6) is 1.04. The van der Waals surface area contributed by atoms with Gasteiger partial charge in [0.1, 0.15) is 0 Å². The van der Waals surface area contributed by atoms with E-state index in [1.807, 2.05) is 26.0 Å². The highest BCUT2D eigenvalue weighted by molar-refractivity contribution is 5.84. The third-order valence-corrected chi connectivity index (χ3v) is 5.81. The van der Waals surface area contributed by atoms with Crippen LogP contribution in [0, 0.1) is 0 Å². The van der Waals surface area contributed by atoms with Gasteiger partial charge in [0.2, 0.25) is 23.0 Å². The Morgan fingerprint density at radius 3 is 2.37 bits per heavy atom. The summed E-state index contributed by atoms with van der Waals surface area (Å²) in [4.78, 5) is 37.3. The van der Waals surface area contributed by atoms with Crippen LogP contribution in [0.1, 0.15) is 44.4 Å². The van der Waals surface area contributed by atoms with Gasteiger partial charge in [0.25, 0.3) is 0 Å². The standard InChI is InChI=1S/C26H33N3O6/c1-14(2)28-23(32)13-27-20-10-8-17-18(12-21(20)31)19(29-15(3)30)9-7-16-11-22(33-4)25(34-5)26(35-6)24(16)17/h8,10-12,14,19H,7,9,13H2,1-6H3,(H,27,31)(H,28,32)(H,29,30). The summed E-state index contributed by atoms with van der Waals surface area (Å²) in [5.41, 5.74) is 3.09. The molecule has 1 aliphatic carbocycles. The topological polar surface area (TPSA) is 115 Å². The molecule has 1 unspecified atom stereocenters. The molecule has 0 saturated carbocycles. The molecule has 2 aromatic carbocycles. The van der Waals surface area contributed by atoms with Crippen LogP contribution in [0.15, 0.2) is 29.1 Å². The van der Waals surface area contributed by atoms with E-state index in [0.29, 0.717) is 35.7 Å². The van der Waals surface area contributed by atoms with E-state index < -0.39 is 6.04 Å². The number of anilines is 1. The number of ether oxygens (including phenoxy) is 3. The van der Waals surface area contributed by atoms with E-state index in [1.165, 1.54) is 20.1 Å². The highest BCUT2D eigenvalue weighted by Gasteiger charge is 2.29. The maximum Gasteiger partial charge on any atom is 0.239 e. The molecule has 1 atom stereocenters. The lowest BCUT2D eigenvalue weighted by Gasteiger charge is -2.19. The van der Waals surface area contributed by atoms with Gasteiger partial charge in [-0.1, -0.05) is 6.07 Å². The molecular formula is C26H33N3O6. The molecule has 188 valence electrons. The van der Waals surface area contributed by atoms with Gasteiger partial charge in [-0.25, -0.2) is 0 Å². The van der Waals surface area contributed by atoms with Crippen molar-refractivity contribution in [1.82, 2.24) is 10.6 Å². The van der Waals surface area contributed by atoms with Gasteiger partial charge in [0.05, 0.1) is 39.6 Å². The van der Waals surface area contributed by atoms with Crippen molar-refractivity contribution >= 4 is 17.5 Å². The maximum atomic E-state index is 13.2. The van der Waals surface area contributed by atoms with E-state index in [-0.39, 0.29) is 35.5 Å². The third kappa shape index (κ3) is 5.67. The Kier molecular flexibility index (Phi) is 8.22. The van der Waals surface area contributed by atoms with Crippen molar-refractivity contribution in [3.05, 3.63) is 45.6 Å². The van der Waals surface area contributed by atoms with E-state index in [1.54, 1.807) is 20.3 Å². The Morgan fingerprint density at radius 1 is 1.06 bits per heavy atom. The quantitative estimate of drug-likeness (QED) is 0.529. The Morgan fingerprint density at radius 2 is 1.77 bits per heavy atom. The van der Waals surface area contributed by atoms with Crippen LogP contribution < -0.4 is 35.6 Å². The number of carbonyl (C=O) groups excluding carboxylic acids is 2. The first-order valence-electron chi connectivity index (χ1n) is 11.5. The Hall–Kier alpha value is -3.75. The SMILES string of the molecule is COc1cc2c(c(OC)c1OC)-c1ccc(NCC(=O)NC(C)C)c(=O)cc1C(NC(C)=O)CC2. The second kappa shape index (κ2) is 11.1. The summed E-state index contributed by atoms with van der Waals surface area (Å²) in [7, 11) is 4.65. The number of aryl methyl sites for hydroxylation is 1. The van der Waals surface area contributed by atoms with Crippen LogP contribution in [0.25, 0.3) is 11.1 Å². The number of hydrogen-bond donors (Lipinski definition) is 3. The molecular weight excluding hydrogens is 450 g/mol. The third-order valence-electron chi connectivity index (χ3n) is 5.81. The minimum atomic E-state index is -0.395. The number of nitrogens with one attached hydrogen (secondary N) is 3. The lowest BCUT2D eigenvalue weighted by molar-refractivity contribution is -0.120. The van der Waals surface area contributed by atoms with Crippen LogP contribution >= 0.6 is 0 Å². The summed E-state index contributed by atoms with van der Waals surface area (Å²) in [6.07, 6.45) is 1.19. The van der Waals surface area contributed by atoms with Crippen molar-refractivity contribution in [1.29, 1.82) is 0 Å². The minimum absolute atomic E-state index is 0.00618. The molecule has 3 rings (SSSR count). The largest absolute Gasteiger partial charge is 0.493 e. The number of fused-ring (bicyclic) bond motifs is 3. The normalized spacial score (nSPS) is 14.2. The van der Waals surface area contributed by atoms with Crippen LogP contribution in [0.3, 0.4) is 0 Å². The maximum absolute atomic E-state index is 13.2. The van der Waals surface area contributed by atoms with Crippen molar-refractivity contribution in [3.63, 3.8) is 0 Å². The first-order chi connectivity index (χ1) is 16.7. The number of benzene rings is 1. The molecule has 2 aromatic rings. The Bertz CT molecular complexity index is 1180. The predicted octanol–water partition coefficient (Wildman–Crippen LogP) is 2.80. The minimum Gasteiger partial charge on any atom is -0.493 e. The van der Waals surface area contributed by atoms with Crippen molar-refractivity contribution in [2.24, 2.45) is 0 Å². The Labute approximate surface area is 205 Å². The molecule has 0 saturated heterocycles. The van der Waals surface area contributed by atoms with Gasteiger partial charge >= 0.3 is 0 Å². The fourth-order valence-electron chi connectivity index (χ4n) is 4.40. The van der Waals surface area contributed by atoms with E-state index >= 15 is 0 Å². The van der Waals surface area contributed by atoms with Gasteiger partial charge in [-0.2, -0.15) is 0 Å². The van der Waals surface area contributed by atoms with Crippen LogP contribution in [-0.2, 0) is 16.0 Å². The molecule has 3 N–H and O–H groups in total. The number of rotatable bonds is 8. The molecule has 0 bridgehead atoms. The molecule has 0 spiro atoms. The second-order valence-corrected chi connectivity index (χ2v) is 8.67. The molecule has 1 aliphatic rings. The zero-order chi connectivity index (χ0) is 25.7. The monoisotopic (exact) mass is 483 g/mol. The number of methoxy groups -OCH3 is 3. The lowest BCUT2D eigenvalue weighted by Crippen LogP contribution is -2.35. The molecule has 0 heterocycles. The second-order valence-electron chi connectivity index (χ2n) is 8.67. The van der Waals surface area contributed by atoms with Crippen molar-refractivity contribution in [2.75, 3.05) is 33.2 Å². The summed E-state index contributed by atoms with van der Waals surface area (Å²) in [6, 6.07) is 6.48. The molecule has 9 nitrogen and oxygen atoms in total. The van der Waals surface area contributed by atoms with Crippen LogP contribution in [-0.4, -0.2) is 45.7 Å². The summed E-state index contributed by atoms with van der Waals surface area (Å²) in [6.45, 7) is 5.15. The zero-order valence-corrected chi connectivity index (χ0v) is 21.0. The van der Waals surface area contributed by atoms with Gasteiger partial charge in [-0.3, -0.25) is 14.4 Å². The van der Waals surface area contributed by atoms with Crippen molar-refractivity contribution in [2.45, 2.75) is 45.7 Å². The number of hydrogen-bond acceptors (Lipinski definition) is 7. The highest BCUT2D eigenvalue weighted by atomic mass is 16.5. The molecule has 9 heteroatoms. The van der Waals surface area contributed by atoms with Crippen LogP contribution in [0.5, 0.6) is 17.2 Å². The van der Waals surface area contributed by atoms with E-state index in [2.05, 4.69) is 16.0 Å². The molecule has 0 fully saturated rings. The van der Waals surface area contributed by atoms with Crippen molar-refractivity contribution in [3.8, 4) is 28.4 Å². The van der Waals surface area contributed by atoms with Gasteiger partial charge < -0.3 is 30.2 Å². The summed E-state index contributed by atoms with van der Waals surface area (Å²) < 4.78 is 16.9. The molecule has 0 radical (unpaired) electrons. The highest BCUT2D eigenvalue weighted by Crippen LogP contribution is 2.50. The number of carbonyl (C=O) groups is 2. The molecule has 2 amide bonds. The lowest BCUT2D eigenvalue weighted by atomic mass is 9.95. The van der Waals surface area contributed by atoms with E-state index in [0.717, 1.165) is 16.7 Å². The molecule has 35 heavy (non-hydrogen) atoms. The van der Waals surface area contributed by atoms with Gasteiger partial charge in [-0.15, -0.1) is 0 Å². The average Bonchev–Trinajstić information content (AvgIpc) is 3.04. The zero-order valence-electron chi connectivity index (χ0n) is 21.0. The fraction of sp³-hybridized carbons (Fsp3) is 0.423. The molecule has 0 aromatic heterocycles. The number of amides is 2. The molecule has 0 aliphatic heterocycles. The predicted molar refractivity (Wildman–Crippen MR) is 134 cm³/mol. The average molecular weight is 484 g/mol.